The Balaban J connectivity index is 3.07. The molecule has 1 aromatic carbocycles. The van der Waals surface area contributed by atoms with Gasteiger partial charge in [0.2, 0.25) is 0 Å². The highest BCUT2D eigenvalue weighted by Crippen LogP contribution is 1.97. The summed E-state index contributed by atoms with van der Waals surface area (Å²) in [6.45, 7) is 1.83. The van der Waals surface area contributed by atoms with Crippen molar-refractivity contribution in [2.24, 2.45) is 0 Å². The molecule has 0 radical (unpaired) electrons. The molecular formula is C7H7BF2. The summed E-state index contributed by atoms with van der Waals surface area (Å²) in [6.07, 6.45) is 0. The van der Waals surface area contributed by atoms with Crippen molar-refractivity contribution in [1.29, 1.82) is 0 Å². The molecule has 1 aromatic rings. The summed E-state index contributed by atoms with van der Waals surface area (Å²) < 4.78 is 24.9. The smallest absolute Gasteiger partial charge is 0.158 e. The zero-order chi connectivity index (χ0) is 7.56. The lowest BCUT2D eigenvalue weighted by atomic mass is 9.73. The monoisotopic (exact) mass is 140 g/mol. The van der Waals surface area contributed by atoms with Gasteiger partial charge in [0.05, 0.1) is 0 Å². The molecule has 0 saturated carbocycles. The van der Waals surface area contributed by atoms with Crippen LogP contribution in [0.1, 0.15) is 0 Å². The molecule has 0 amide bonds. The van der Waals surface area contributed by atoms with Crippen LogP contribution in [0.25, 0.3) is 0 Å². The van der Waals surface area contributed by atoms with Crippen molar-refractivity contribution in [3.8, 4) is 0 Å². The zero-order valence-electron chi connectivity index (χ0n) is 5.70. The first-order chi connectivity index (χ1) is 4.74. The standard InChI is InChI=1S/C7H7BF2/c1-8-6-3-2-5(9)4-7(6)10/h2-4,8H,1H3. The topological polar surface area (TPSA) is 0 Å². The lowest BCUT2D eigenvalue weighted by molar-refractivity contribution is 0.588. The SMILES string of the molecule is CBc1ccc(F)cc1F. The Morgan fingerprint density at radius 2 is 2.00 bits per heavy atom. The van der Waals surface area contributed by atoms with Crippen molar-refractivity contribution in [2.45, 2.75) is 6.82 Å². The van der Waals surface area contributed by atoms with Gasteiger partial charge in [0.1, 0.15) is 11.6 Å². The zero-order valence-corrected chi connectivity index (χ0v) is 5.70. The van der Waals surface area contributed by atoms with Gasteiger partial charge in [-0.2, -0.15) is 0 Å². The van der Waals surface area contributed by atoms with Crippen LogP contribution in [0.3, 0.4) is 0 Å². The van der Waals surface area contributed by atoms with Gasteiger partial charge in [-0.05, 0) is 11.5 Å². The third kappa shape index (κ3) is 1.35. The van der Waals surface area contributed by atoms with Crippen molar-refractivity contribution in [3.05, 3.63) is 29.8 Å². The summed E-state index contributed by atoms with van der Waals surface area (Å²) in [4.78, 5) is 0. The highest BCUT2D eigenvalue weighted by atomic mass is 19.1. The molecule has 3 heteroatoms. The van der Waals surface area contributed by atoms with Crippen LogP contribution in [0.2, 0.25) is 6.82 Å². The summed E-state index contributed by atoms with van der Waals surface area (Å²) in [5.74, 6) is -0.975. The van der Waals surface area contributed by atoms with E-state index < -0.39 is 11.6 Å². The van der Waals surface area contributed by atoms with Crippen LogP contribution in [-0.2, 0) is 0 Å². The first kappa shape index (κ1) is 7.25. The van der Waals surface area contributed by atoms with E-state index in [0.717, 1.165) is 6.07 Å². The highest BCUT2D eigenvalue weighted by molar-refractivity contribution is 6.51. The molecule has 0 heterocycles. The minimum Gasteiger partial charge on any atom is -0.208 e. The molecule has 0 N–H and O–H groups in total. The minimum atomic E-state index is -0.519. The van der Waals surface area contributed by atoms with Gasteiger partial charge >= 0.3 is 0 Å². The van der Waals surface area contributed by atoms with Crippen molar-refractivity contribution < 1.29 is 8.78 Å². The van der Waals surface area contributed by atoms with E-state index in [-0.39, 0.29) is 0 Å². The summed E-state index contributed by atoms with van der Waals surface area (Å²) in [6, 6.07) is 3.63. The Kier molecular flexibility index (Phi) is 2.04. The quantitative estimate of drug-likeness (QED) is 0.512. The fraction of sp³-hybridized carbons (Fsp3) is 0.143. The predicted molar refractivity (Wildman–Crippen MR) is 39.0 cm³/mol. The van der Waals surface area contributed by atoms with Gasteiger partial charge in [0, 0.05) is 6.07 Å². The van der Waals surface area contributed by atoms with Gasteiger partial charge in [-0.3, -0.25) is 0 Å². The molecule has 0 unspecified atom stereocenters. The highest BCUT2D eigenvalue weighted by Gasteiger charge is 2.00. The second-order valence-corrected chi connectivity index (χ2v) is 2.09. The Morgan fingerprint density at radius 3 is 2.50 bits per heavy atom. The fourth-order valence-corrected chi connectivity index (χ4v) is 0.808. The van der Waals surface area contributed by atoms with Crippen LogP contribution in [0, 0.1) is 11.6 Å². The van der Waals surface area contributed by atoms with Gasteiger partial charge in [0.15, 0.2) is 7.28 Å². The second kappa shape index (κ2) is 2.82. The molecule has 0 bridgehead atoms. The molecule has 10 heavy (non-hydrogen) atoms. The van der Waals surface area contributed by atoms with Gasteiger partial charge in [-0.15, -0.1) is 0 Å². The van der Waals surface area contributed by atoms with Crippen LogP contribution in [0.15, 0.2) is 18.2 Å². The Morgan fingerprint density at radius 1 is 1.30 bits per heavy atom. The maximum atomic E-state index is 12.6. The van der Waals surface area contributed by atoms with E-state index in [2.05, 4.69) is 0 Å². The molecule has 52 valence electrons. The van der Waals surface area contributed by atoms with E-state index in [1.807, 2.05) is 6.82 Å². The largest absolute Gasteiger partial charge is 0.208 e. The van der Waals surface area contributed by atoms with Crippen molar-refractivity contribution in [1.82, 2.24) is 0 Å². The normalized spacial score (nSPS) is 9.50. The van der Waals surface area contributed by atoms with E-state index in [1.54, 1.807) is 0 Å². The van der Waals surface area contributed by atoms with E-state index in [1.165, 1.54) is 12.1 Å². The average Bonchev–Trinajstić information content (AvgIpc) is 1.88. The van der Waals surface area contributed by atoms with Gasteiger partial charge in [-0.1, -0.05) is 12.9 Å². The fourth-order valence-electron chi connectivity index (χ4n) is 0.808. The molecule has 0 aliphatic heterocycles. The summed E-state index contributed by atoms with van der Waals surface area (Å²) >= 11 is 0. The number of hydrogen-bond donors (Lipinski definition) is 0. The molecule has 0 aliphatic rings. The van der Waals surface area contributed by atoms with E-state index in [9.17, 15) is 8.78 Å². The number of benzene rings is 1. The minimum absolute atomic E-state index is 0.456. The van der Waals surface area contributed by atoms with Crippen molar-refractivity contribution >= 4 is 12.7 Å². The Labute approximate surface area is 59.1 Å². The average molecular weight is 140 g/mol. The van der Waals surface area contributed by atoms with E-state index in [0.29, 0.717) is 12.7 Å². The third-order valence-electron chi connectivity index (χ3n) is 1.40. The molecule has 0 nitrogen and oxygen atoms in total. The lowest BCUT2D eigenvalue weighted by Gasteiger charge is -1.96. The van der Waals surface area contributed by atoms with Crippen molar-refractivity contribution in [2.75, 3.05) is 0 Å². The Hall–Kier alpha value is -0.855. The maximum absolute atomic E-state index is 12.6. The lowest BCUT2D eigenvalue weighted by Crippen LogP contribution is -2.15. The molecule has 0 aliphatic carbocycles. The van der Waals surface area contributed by atoms with Gasteiger partial charge in [0.25, 0.3) is 0 Å². The van der Waals surface area contributed by atoms with Gasteiger partial charge in [-0.25, -0.2) is 8.78 Å². The predicted octanol–water partition coefficient (Wildman–Crippen LogP) is 1.07. The Bertz CT molecular complexity index is 235. The van der Waals surface area contributed by atoms with Crippen LogP contribution in [0.4, 0.5) is 8.78 Å². The van der Waals surface area contributed by atoms with Crippen LogP contribution < -0.4 is 5.46 Å². The molecule has 0 atom stereocenters. The van der Waals surface area contributed by atoms with Crippen LogP contribution in [-0.4, -0.2) is 7.28 Å². The maximum Gasteiger partial charge on any atom is 0.158 e. The molecule has 0 fully saturated rings. The number of halogens is 2. The van der Waals surface area contributed by atoms with E-state index in [4.69, 9.17) is 0 Å². The summed E-state index contributed by atoms with van der Waals surface area (Å²) in [7, 11) is 0.603. The van der Waals surface area contributed by atoms with Gasteiger partial charge < -0.3 is 0 Å². The summed E-state index contributed by atoms with van der Waals surface area (Å²) in [5.41, 5.74) is 0.557. The molecule has 0 aromatic heterocycles. The first-order valence-corrected chi connectivity index (χ1v) is 3.18. The second-order valence-electron chi connectivity index (χ2n) is 2.09. The van der Waals surface area contributed by atoms with Crippen LogP contribution in [0.5, 0.6) is 0 Å². The summed E-state index contributed by atoms with van der Waals surface area (Å²) in [5, 5.41) is 0. The molecule has 0 spiro atoms. The molecular weight excluding hydrogens is 133 g/mol. The third-order valence-corrected chi connectivity index (χ3v) is 1.40. The van der Waals surface area contributed by atoms with Crippen molar-refractivity contribution in [3.63, 3.8) is 0 Å². The van der Waals surface area contributed by atoms with E-state index >= 15 is 0 Å². The number of rotatable bonds is 1. The first-order valence-electron chi connectivity index (χ1n) is 3.18. The van der Waals surface area contributed by atoms with Crippen LogP contribution >= 0.6 is 0 Å². The molecule has 1 rings (SSSR count). The molecule has 0 saturated heterocycles. The number of hydrogen-bond acceptors (Lipinski definition) is 0.